The first-order valence-electron chi connectivity index (χ1n) is 6.93. The summed E-state index contributed by atoms with van der Waals surface area (Å²) < 4.78 is 0. The number of amides is 1. The van der Waals surface area contributed by atoms with Crippen molar-refractivity contribution in [3.8, 4) is 0 Å². The van der Waals surface area contributed by atoms with Crippen LogP contribution in [0.3, 0.4) is 0 Å². The van der Waals surface area contributed by atoms with Crippen molar-refractivity contribution in [2.24, 2.45) is 0 Å². The van der Waals surface area contributed by atoms with Gasteiger partial charge in [-0.15, -0.1) is 0 Å². The molecule has 1 aliphatic heterocycles. The van der Waals surface area contributed by atoms with Crippen LogP contribution in [0.5, 0.6) is 0 Å². The Kier molecular flexibility index (Phi) is 4.95. The van der Waals surface area contributed by atoms with E-state index < -0.39 is 0 Å². The minimum absolute atomic E-state index is 0.0757. The number of benzene rings is 1. The number of carbonyl (C=O) groups excluding carboxylic acids is 1. The van der Waals surface area contributed by atoms with Gasteiger partial charge >= 0.3 is 0 Å². The first-order valence-corrected chi connectivity index (χ1v) is 7.69. The van der Waals surface area contributed by atoms with E-state index in [2.05, 4.69) is 5.32 Å². The number of carbonyl (C=O) groups is 1. The first kappa shape index (κ1) is 15.6. The predicted molar refractivity (Wildman–Crippen MR) is 84.8 cm³/mol. The van der Waals surface area contributed by atoms with Crippen molar-refractivity contribution in [2.75, 3.05) is 11.4 Å². The second kappa shape index (κ2) is 6.33. The quantitative estimate of drug-likeness (QED) is 0.920. The summed E-state index contributed by atoms with van der Waals surface area (Å²) in [7, 11) is 0. The number of halogens is 2. The summed E-state index contributed by atoms with van der Waals surface area (Å²) in [5, 5.41) is 4.52. The Labute approximate surface area is 130 Å². The fourth-order valence-corrected chi connectivity index (χ4v) is 2.99. The Balaban J connectivity index is 2.28. The van der Waals surface area contributed by atoms with Gasteiger partial charge in [-0.25, -0.2) is 0 Å². The minimum atomic E-state index is -0.139. The molecule has 0 radical (unpaired) electrons. The normalized spacial score (nSPS) is 19.8. The van der Waals surface area contributed by atoms with Crippen molar-refractivity contribution < 1.29 is 4.79 Å². The summed E-state index contributed by atoms with van der Waals surface area (Å²) in [5.41, 5.74) is 1.63. The molecule has 0 aromatic heterocycles. The Morgan fingerprint density at radius 1 is 1.30 bits per heavy atom. The van der Waals surface area contributed by atoms with E-state index in [0.29, 0.717) is 22.3 Å². The molecule has 110 valence electrons. The van der Waals surface area contributed by atoms with Crippen molar-refractivity contribution >= 4 is 34.8 Å². The molecule has 1 aromatic carbocycles. The van der Waals surface area contributed by atoms with Crippen LogP contribution in [0.1, 0.15) is 32.3 Å². The van der Waals surface area contributed by atoms with Crippen LogP contribution in [0, 0.1) is 6.92 Å². The molecule has 1 heterocycles. The van der Waals surface area contributed by atoms with Gasteiger partial charge in [-0.2, -0.15) is 0 Å². The number of nitrogens with zero attached hydrogens (tertiary/aromatic N) is 1. The van der Waals surface area contributed by atoms with E-state index in [1.54, 1.807) is 11.0 Å². The minimum Gasteiger partial charge on any atom is -0.310 e. The number of anilines is 1. The number of hydrogen-bond donors (Lipinski definition) is 1. The zero-order valence-electron chi connectivity index (χ0n) is 12.0. The van der Waals surface area contributed by atoms with E-state index >= 15 is 0 Å². The molecular weight excluding hydrogens is 295 g/mol. The molecule has 0 aliphatic carbocycles. The van der Waals surface area contributed by atoms with Crippen molar-refractivity contribution in [3.05, 3.63) is 27.7 Å². The Bertz CT molecular complexity index is 517. The van der Waals surface area contributed by atoms with Gasteiger partial charge in [0, 0.05) is 17.6 Å². The smallest absolute Gasteiger partial charge is 0.244 e. The summed E-state index contributed by atoms with van der Waals surface area (Å²) in [6, 6.07) is 3.74. The lowest BCUT2D eigenvalue weighted by atomic mass is 10.0. The maximum atomic E-state index is 12.6. The molecule has 1 fully saturated rings. The molecule has 1 saturated heterocycles. The Morgan fingerprint density at radius 2 is 2.00 bits per heavy atom. The van der Waals surface area contributed by atoms with Crippen LogP contribution in [0.15, 0.2) is 12.1 Å². The van der Waals surface area contributed by atoms with E-state index in [9.17, 15) is 4.79 Å². The van der Waals surface area contributed by atoms with Gasteiger partial charge in [0.25, 0.3) is 0 Å². The molecule has 20 heavy (non-hydrogen) atoms. The highest BCUT2D eigenvalue weighted by molar-refractivity contribution is 6.36. The number of piperidine rings is 1. The van der Waals surface area contributed by atoms with Gasteiger partial charge < -0.3 is 10.2 Å². The van der Waals surface area contributed by atoms with Crippen molar-refractivity contribution in [1.82, 2.24) is 5.32 Å². The van der Waals surface area contributed by atoms with Crippen molar-refractivity contribution in [2.45, 2.75) is 45.7 Å². The second-order valence-corrected chi connectivity index (χ2v) is 6.37. The molecular formula is C15H20Cl2N2O. The molecule has 1 aliphatic rings. The third kappa shape index (κ3) is 3.27. The summed E-state index contributed by atoms with van der Waals surface area (Å²) >= 11 is 12.4. The molecule has 5 heteroatoms. The van der Waals surface area contributed by atoms with E-state index in [4.69, 9.17) is 23.2 Å². The lowest BCUT2D eigenvalue weighted by Gasteiger charge is -2.34. The maximum absolute atomic E-state index is 12.6. The van der Waals surface area contributed by atoms with Gasteiger partial charge in [-0.1, -0.05) is 37.0 Å². The number of aryl methyl sites for hydroxylation is 1. The second-order valence-electron chi connectivity index (χ2n) is 5.56. The molecule has 0 bridgehead atoms. The molecule has 1 unspecified atom stereocenters. The number of nitrogens with one attached hydrogen (secondary N) is 1. The van der Waals surface area contributed by atoms with Crippen molar-refractivity contribution in [1.29, 1.82) is 0 Å². The average Bonchev–Trinajstić information content (AvgIpc) is 2.36. The highest BCUT2D eigenvalue weighted by atomic mass is 35.5. The summed E-state index contributed by atoms with van der Waals surface area (Å²) in [4.78, 5) is 14.3. The number of hydrogen-bond acceptors (Lipinski definition) is 2. The lowest BCUT2D eigenvalue weighted by Crippen LogP contribution is -2.52. The Hall–Kier alpha value is -0.770. The standard InChI is InChI=1S/C15H20Cl2N2O/c1-9(2)18-13-5-4-6-19(15(13)20)14-8-11(16)10(3)7-12(14)17/h7-9,13,18H,4-6H2,1-3H3. The monoisotopic (exact) mass is 314 g/mol. The molecule has 3 nitrogen and oxygen atoms in total. The van der Waals surface area contributed by atoms with Crippen LogP contribution in [-0.2, 0) is 4.79 Å². The van der Waals surface area contributed by atoms with E-state index in [-0.39, 0.29) is 18.0 Å². The van der Waals surface area contributed by atoms with Gasteiger partial charge in [0.1, 0.15) is 0 Å². The number of rotatable bonds is 3. The molecule has 0 spiro atoms. The largest absolute Gasteiger partial charge is 0.310 e. The van der Waals surface area contributed by atoms with Gasteiger partial charge in [-0.05, 0) is 37.5 Å². The third-order valence-electron chi connectivity index (χ3n) is 3.49. The van der Waals surface area contributed by atoms with Crippen LogP contribution in [-0.4, -0.2) is 24.5 Å². The van der Waals surface area contributed by atoms with E-state index in [0.717, 1.165) is 18.4 Å². The zero-order chi connectivity index (χ0) is 14.9. The SMILES string of the molecule is Cc1cc(Cl)c(N2CCCC(NC(C)C)C2=O)cc1Cl. The van der Waals surface area contributed by atoms with Gasteiger partial charge in [0.05, 0.1) is 16.8 Å². The average molecular weight is 315 g/mol. The van der Waals surface area contributed by atoms with E-state index in [1.165, 1.54) is 0 Å². The highest BCUT2D eigenvalue weighted by Gasteiger charge is 2.31. The van der Waals surface area contributed by atoms with Gasteiger partial charge in [-0.3, -0.25) is 4.79 Å². The fourth-order valence-electron chi connectivity index (χ4n) is 2.51. The van der Waals surface area contributed by atoms with E-state index in [1.807, 2.05) is 26.8 Å². The maximum Gasteiger partial charge on any atom is 0.244 e. The van der Waals surface area contributed by atoms with Crippen LogP contribution in [0.2, 0.25) is 10.0 Å². The van der Waals surface area contributed by atoms with Crippen LogP contribution in [0.4, 0.5) is 5.69 Å². The topological polar surface area (TPSA) is 32.3 Å². The predicted octanol–water partition coefficient (Wildman–Crippen LogP) is 3.80. The van der Waals surface area contributed by atoms with Crippen LogP contribution in [0.25, 0.3) is 0 Å². The highest BCUT2D eigenvalue weighted by Crippen LogP contribution is 2.33. The molecule has 1 amide bonds. The molecule has 1 N–H and O–H groups in total. The Morgan fingerprint density at radius 3 is 2.65 bits per heavy atom. The van der Waals surface area contributed by atoms with Crippen LogP contribution < -0.4 is 10.2 Å². The summed E-state index contributed by atoms with van der Waals surface area (Å²) in [5.74, 6) is 0.0757. The third-order valence-corrected chi connectivity index (χ3v) is 4.20. The van der Waals surface area contributed by atoms with Crippen LogP contribution >= 0.6 is 23.2 Å². The summed E-state index contributed by atoms with van der Waals surface area (Å²) in [6.07, 6.45) is 1.82. The zero-order valence-corrected chi connectivity index (χ0v) is 13.6. The molecule has 0 saturated carbocycles. The molecule has 1 atom stereocenters. The lowest BCUT2D eigenvalue weighted by molar-refractivity contribution is -0.121. The molecule has 2 rings (SSSR count). The first-order chi connectivity index (χ1) is 9.40. The van der Waals surface area contributed by atoms with Gasteiger partial charge in [0.2, 0.25) is 5.91 Å². The van der Waals surface area contributed by atoms with Gasteiger partial charge in [0.15, 0.2) is 0 Å². The summed E-state index contributed by atoms with van der Waals surface area (Å²) in [6.45, 7) is 6.68. The fraction of sp³-hybridized carbons (Fsp3) is 0.533. The van der Waals surface area contributed by atoms with Crippen molar-refractivity contribution in [3.63, 3.8) is 0 Å². The molecule has 1 aromatic rings.